The molecule has 2 N–H and O–H groups in total. The van der Waals surface area contributed by atoms with Gasteiger partial charge in [-0.3, -0.25) is 9.59 Å². The molecule has 1 saturated heterocycles. The van der Waals surface area contributed by atoms with Crippen LogP contribution in [0.5, 0.6) is 0 Å². The summed E-state index contributed by atoms with van der Waals surface area (Å²) in [6.45, 7) is 5.43. The summed E-state index contributed by atoms with van der Waals surface area (Å²) < 4.78 is 0. The number of urea groups is 1. The zero-order chi connectivity index (χ0) is 22.2. The van der Waals surface area contributed by atoms with Crippen LogP contribution >= 0.6 is 11.8 Å². The van der Waals surface area contributed by atoms with Gasteiger partial charge in [-0.05, 0) is 75.7 Å². The average molecular weight is 440 g/mol. The highest BCUT2D eigenvalue weighted by Gasteiger charge is 2.54. The molecule has 1 aromatic carbocycles. The molecule has 1 aliphatic carbocycles. The Kier molecular flexibility index (Phi) is 5.70. The van der Waals surface area contributed by atoms with Crippen LogP contribution in [-0.4, -0.2) is 44.3 Å². The number of benzene rings is 1. The highest BCUT2D eigenvalue weighted by Crippen LogP contribution is 2.36. The normalized spacial score (nSPS) is 18.4. The summed E-state index contributed by atoms with van der Waals surface area (Å²) in [5.74, 6) is -0.700. The Morgan fingerprint density at radius 2 is 1.74 bits per heavy atom. The highest BCUT2D eigenvalue weighted by molar-refractivity contribution is 7.99. The van der Waals surface area contributed by atoms with Crippen LogP contribution in [0.2, 0.25) is 0 Å². The van der Waals surface area contributed by atoms with Crippen LogP contribution in [0, 0.1) is 13.8 Å². The van der Waals surface area contributed by atoms with Gasteiger partial charge >= 0.3 is 6.03 Å². The first kappa shape index (κ1) is 21.3. The predicted octanol–water partition coefficient (Wildman–Crippen LogP) is 3.44. The molecular formula is C22H25N5O3S. The van der Waals surface area contributed by atoms with Gasteiger partial charge in [0.2, 0.25) is 5.91 Å². The van der Waals surface area contributed by atoms with Crippen LogP contribution in [0.4, 0.5) is 10.5 Å². The first-order chi connectivity index (χ1) is 14.8. The number of anilines is 1. The van der Waals surface area contributed by atoms with E-state index in [1.165, 1.54) is 11.8 Å². The first-order valence-corrected chi connectivity index (χ1v) is 11.2. The van der Waals surface area contributed by atoms with E-state index in [-0.39, 0.29) is 5.91 Å². The minimum Gasteiger partial charge on any atom is -0.324 e. The van der Waals surface area contributed by atoms with Gasteiger partial charge in [0.05, 0.1) is 0 Å². The fraction of sp³-hybridized carbons (Fsp3) is 0.409. The van der Waals surface area contributed by atoms with Gasteiger partial charge in [-0.25, -0.2) is 19.7 Å². The zero-order valence-corrected chi connectivity index (χ0v) is 18.6. The third kappa shape index (κ3) is 4.27. The van der Waals surface area contributed by atoms with Crippen LogP contribution in [0.15, 0.2) is 40.4 Å². The molecule has 1 unspecified atom stereocenters. The van der Waals surface area contributed by atoms with E-state index in [2.05, 4.69) is 20.6 Å². The molecule has 0 bridgehead atoms. The van der Waals surface area contributed by atoms with Crippen molar-refractivity contribution in [2.45, 2.75) is 68.1 Å². The second-order valence-corrected chi connectivity index (χ2v) is 9.16. The number of nitrogens with one attached hydrogen (secondary N) is 2. The van der Waals surface area contributed by atoms with Gasteiger partial charge in [0.25, 0.3) is 5.91 Å². The van der Waals surface area contributed by atoms with Crippen molar-refractivity contribution in [3.8, 4) is 0 Å². The zero-order valence-electron chi connectivity index (χ0n) is 17.8. The Morgan fingerprint density at radius 3 is 2.35 bits per heavy atom. The molecule has 9 heteroatoms. The molecule has 2 aliphatic rings. The lowest BCUT2D eigenvalue weighted by atomic mass is 9.97. The molecule has 2 fully saturated rings. The first-order valence-electron chi connectivity index (χ1n) is 10.3. The van der Waals surface area contributed by atoms with Crippen molar-refractivity contribution >= 4 is 35.3 Å². The summed E-state index contributed by atoms with van der Waals surface area (Å²) in [5.41, 5.74) is 1.59. The number of carbonyl (C=O) groups is 3. The smallest absolute Gasteiger partial charge is 0.324 e. The van der Waals surface area contributed by atoms with E-state index in [1.54, 1.807) is 19.1 Å². The van der Waals surface area contributed by atoms with Crippen LogP contribution in [0.25, 0.3) is 0 Å². The topological polar surface area (TPSA) is 104 Å². The number of aryl methyl sites for hydroxylation is 2. The number of nitrogens with zero attached hydrogens (tertiary/aromatic N) is 3. The molecule has 1 spiro atoms. The SMILES string of the molecule is Cc1cc(C)nc(Sc2ccc(NC(=O)C(C)N3C(=O)NC4(CCCC4)C3=O)cc2)n1. The molecule has 1 aromatic heterocycles. The summed E-state index contributed by atoms with van der Waals surface area (Å²) in [5, 5.41) is 6.27. The molecule has 2 aromatic rings. The third-order valence-corrected chi connectivity index (χ3v) is 6.58. The highest BCUT2D eigenvalue weighted by atomic mass is 32.2. The Labute approximate surface area is 185 Å². The second kappa shape index (κ2) is 8.30. The lowest BCUT2D eigenvalue weighted by Crippen LogP contribution is -2.48. The average Bonchev–Trinajstić information content (AvgIpc) is 3.27. The molecule has 162 valence electrons. The van der Waals surface area contributed by atoms with Gasteiger partial charge in [0.15, 0.2) is 5.16 Å². The summed E-state index contributed by atoms with van der Waals surface area (Å²) in [6.07, 6.45) is 3.06. The molecule has 31 heavy (non-hydrogen) atoms. The predicted molar refractivity (Wildman–Crippen MR) is 117 cm³/mol. The van der Waals surface area contributed by atoms with Crippen molar-refractivity contribution < 1.29 is 14.4 Å². The standard InChI is InChI=1S/C22H25N5O3S/c1-13-12-14(2)24-20(23-13)31-17-8-6-16(7-9-17)25-18(28)15(3)27-19(29)22(26-21(27)30)10-4-5-11-22/h6-9,12,15H,4-5,10-11H2,1-3H3,(H,25,28)(H,26,30). The molecule has 2 heterocycles. The van der Waals surface area contributed by atoms with E-state index < -0.39 is 23.5 Å². The van der Waals surface area contributed by atoms with Crippen LogP contribution < -0.4 is 10.6 Å². The monoisotopic (exact) mass is 439 g/mol. The van der Waals surface area contributed by atoms with E-state index in [1.807, 2.05) is 32.0 Å². The van der Waals surface area contributed by atoms with E-state index in [9.17, 15) is 14.4 Å². The molecule has 8 nitrogen and oxygen atoms in total. The molecule has 1 saturated carbocycles. The van der Waals surface area contributed by atoms with Gasteiger partial charge in [-0.1, -0.05) is 12.8 Å². The van der Waals surface area contributed by atoms with Crippen molar-refractivity contribution in [3.63, 3.8) is 0 Å². The molecule has 1 atom stereocenters. The van der Waals surface area contributed by atoms with E-state index in [4.69, 9.17) is 0 Å². The Bertz CT molecular complexity index is 1010. The number of amides is 4. The summed E-state index contributed by atoms with van der Waals surface area (Å²) in [4.78, 5) is 48.8. The maximum absolute atomic E-state index is 12.9. The summed E-state index contributed by atoms with van der Waals surface area (Å²) in [6, 6.07) is 7.82. The number of carbonyl (C=O) groups excluding carboxylic acids is 3. The van der Waals surface area contributed by atoms with E-state index >= 15 is 0 Å². The fourth-order valence-corrected chi connectivity index (χ4v) is 4.99. The van der Waals surface area contributed by atoms with E-state index in [0.717, 1.165) is 34.0 Å². The van der Waals surface area contributed by atoms with Crippen molar-refractivity contribution in [1.29, 1.82) is 0 Å². The van der Waals surface area contributed by atoms with Gasteiger partial charge < -0.3 is 10.6 Å². The van der Waals surface area contributed by atoms with Crippen molar-refractivity contribution in [3.05, 3.63) is 41.7 Å². The summed E-state index contributed by atoms with van der Waals surface area (Å²) in [7, 11) is 0. The molecule has 4 rings (SSSR count). The minimum atomic E-state index is -0.898. The number of hydrogen-bond acceptors (Lipinski definition) is 6. The van der Waals surface area contributed by atoms with Crippen molar-refractivity contribution in [1.82, 2.24) is 20.2 Å². The fourth-order valence-electron chi connectivity index (χ4n) is 4.13. The van der Waals surface area contributed by atoms with Crippen molar-refractivity contribution in [2.24, 2.45) is 0 Å². The Balaban J connectivity index is 1.40. The number of imide groups is 1. The number of aromatic nitrogens is 2. The lowest BCUT2D eigenvalue weighted by Gasteiger charge is -2.23. The quantitative estimate of drug-likeness (QED) is 0.546. The van der Waals surface area contributed by atoms with Crippen molar-refractivity contribution in [2.75, 3.05) is 5.32 Å². The summed E-state index contributed by atoms with van der Waals surface area (Å²) >= 11 is 1.44. The van der Waals surface area contributed by atoms with Crippen LogP contribution in [0.3, 0.4) is 0 Å². The van der Waals surface area contributed by atoms with Gasteiger partial charge in [0, 0.05) is 22.0 Å². The number of hydrogen-bond donors (Lipinski definition) is 2. The Morgan fingerprint density at radius 1 is 1.13 bits per heavy atom. The third-order valence-electron chi connectivity index (χ3n) is 5.71. The molecular weight excluding hydrogens is 414 g/mol. The molecule has 1 aliphatic heterocycles. The van der Waals surface area contributed by atoms with Crippen LogP contribution in [-0.2, 0) is 9.59 Å². The largest absolute Gasteiger partial charge is 0.325 e. The van der Waals surface area contributed by atoms with E-state index in [0.29, 0.717) is 23.7 Å². The Hall–Kier alpha value is -2.94. The lowest BCUT2D eigenvalue weighted by molar-refractivity contribution is -0.136. The molecule has 4 amide bonds. The van der Waals surface area contributed by atoms with Gasteiger partial charge in [0.1, 0.15) is 11.6 Å². The maximum atomic E-state index is 12.9. The van der Waals surface area contributed by atoms with Gasteiger partial charge in [-0.2, -0.15) is 0 Å². The maximum Gasteiger partial charge on any atom is 0.325 e. The number of rotatable bonds is 5. The molecule has 0 radical (unpaired) electrons. The van der Waals surface area contributed by atoms with Gasteiger partial charge in [-0.15, -0.1) is 0 Å². The minimum absolute atomic E-state index is 0.294. The van der Waals surface area contributed by atoms with Crippen LogP contribution in [0.1, 0.15) is 44.0 Å². The second-order valence-electron chi connectivity index (χ2n) is 8.12.